The van der Waals surface area contributed by atoms with Gasteiger partial charge in [-0.15, -0.1) is 0 Å². The summed E-state index contributed by atoms with van der Waals surface area (Å²) in [4.78, 5) is 0. The average Bonchev–Trinajstić information content (AvgIpc) is 2.82. The van der Waals surface area contributed by atoms with Crippen LogP contribution in [0.4, 0.5) is 0 Å². The molecule has 1 N–H and O–H groups in total. The van der Waals surface area contributed by atoms with Gasteiger partial charge in [0.25, 0.3) is 0 Å². The fraction of sp³-hybridized carbons (Fsp3) is 0.375. The molecule has 1 heterocycles. The van der Waals surface area contributed by atoms with E-state index in [0.717, 1.165) is 19.6 Å². The second-order valence-electron chi connectivity index (χ2n) is 4.99. The van der Waals surface area contributed by atoms with Crippen molar-refractivity contribution in [2.24, 2.45) is 0 Å². The van der Waals surface area contributed by atoms with Gasteiger partial charge in [0.2, 0.25) is 0 Å². The molecule has 0 radical (unpaired) electrons. The lowest BCUT2D eigenvalue weighted by atomic mass is 10.0. The Labute approximate surface area is 108 Å². The highest BCUT2D eigenvalue weighted by molar-refractivity contribution is 5.85. The van der Waals surface area contributed by atoms with Crippen LogP contribution in [0.5, 0.6) is 0 Å². The van der Waals surface area contributed by atoms with Crippen LogP contribution in [0.15, 0.2) is 42.5 Å². The lowest BCUT2D eigenvalue weighted by molar-refractivity contribution is 0.113. The molecule has 1 fully saturated rings. The number of benzene rings is 2. The zero-order chi connectivity index (χ0) is 12.4. The Balaban J connectivity index is 1.78. The molecular formula is C16H19NO. The zero-order valence-electron chi connectivity index (χ0n) is 10.7. The molecule has 0 amide bonds. The van der Waals surface area contributed by atoms with Crippen molar-refractivity contribution in [1.29, 1.82) is 0 Å². The molecule has 2 aromatic rings. The fourth-order valence-corrected chi connectivity index (χ4v) is 2.69. The molecule has 2 atom stereocenters. The second kappa shape index (κ2) is 5.09. The highest BCUT2D eigenvalue weighted by Gasteiger charge is 2.23. The van der Waals surface area contributed by atoms with Crippen molar-refractivity contribution in [3.8, 4) is 0 Å². The molecule has 0 saturated carbocycles. The third-order valence-electron chi connectivity index (χ3n) is 3.81. The minimum absolute atomic E-state index is 0.333. The van der Waals surface area contributed by atoms with Crippen LogP contribution in [-0.4, -0.2) is 18.8 Å². The van der Waals surface area contributed by atoms with E-state index in [1.807, 2.05) is 0 Å². The molecule has 2 heteroatoms. The first-order valence-corrected chi connectivity index (χ1v) is 6.66. The van der Waals surface area contributed by atoms with Crippen molar-refractivity contribution in [3.63, 3.8) is 0 Å². The van der Waals surface area contributed by atoms with Crippen molar-refractivity contribution >= 4 is 10.8 Å². The third-order valence-corrected chi connectivity index (χ3v) is 3.81. The minimum Gasteiger partial charge on any atom is -0.377 e. The number of ether oxygens (including phenoxy) is 1. The highest BCUT2D eigenvalue weighted by Crippen LogP contribution is 2.19. The topological polar surface area (TPSA) is 21.3 Å². The molecule has 2 aromatic carbocycles. The van der Waals surface area contributed by atoms with Crippen molar-refractivity contribution in [3.05, 3.63) is 48.0 Å². The molecule has 0 spiro atoms. The maximum absolute atomic E-state index is 5.58. The first kappa shape index (κ1) is 11.7. The summed E-state index contributed by atoms with van der Waals surface area (Å²) in [5, 5.41) is 6.27. The van der Waals surface area contributed by atoms with E-state index in [1.54, 1.807) is 0 Å². The predicted octanol–water partition coefficient (Wildman–Crippen LogP) is 3.11. The molecule has 94 valence electrons. The average molecular weight is 241 g/mol. The van der Waals surface area contributed by atoms with Crippen molar-refractivity contribution < 1.29 is 4.74 Å². The summed E-state index contributed by atoms with van der Waals surface area (Å²) in [5.74, 6) is 0. The van der Waals surface area contributed by atoms with Crippen LogP contribution in [0.1, 0.15) is 18.9 Å². The van der Waals surface area contributed by atoms with E-state index >= 15 is 0 Å². The van der Waals surface area contributed by atoms with E-state index in [4.69, 9.17) is 4.74 Å². The van der Waals surface area contributed by atoms with Crippen LogP contribution < -0.4 is 5.32 Å². The normalized spacial score (nSPS) is 23.6. The molecule has 0 aromatic heterocycles. The Morgan fingerprint density at radius 3 is 2.83 bits per heavy atom. The van der Waals surface area contributed by atoms with Crippen molar-refractivity contribution in [1.82, 2.24) is 5.32 Å². The maximum atomic E-state index is 5.58. The fourth-order valence-electron chi connectivity index (χ4n) is 2.69. The molecular weight excluding hydrogens is 222 g/mol. The van der Waals surface area contributed by atoms with Crippen LogP contribution in [0.3, 0.4) is 0 Å². The summed E-state index contributed by atoms with van der Waals surface area (Å²) in [6.45, 7) is 3.95. The summed E-state index contributed by atoms with van der Waals surface area (Å²) in [6, 6.07) is 15.5. The largest absolute Gasteiger partial charge is 0.377 e. The molecule has 0 bridgehead atoms. The van der Waals surface area contributed by atoms with Crippen LogP contribution in [0, 0.1) is 0 Å². The van der Waals surface area contributed by atoms with Crippen LogP contribution in [0.25, 0.3) is 10.8 Å². The lowest BCUT2D eigenvalue weighted by Gasteiger charge is -2.16. The molecule has 2 nitrogen and oxygen atoms in total. The molecule has 0 aliphatic carbocycles. The Morgan fingerprint density at radius 2 is 2.00 bits per heavy atom. The number of hydrogen-bond donors (Lipinski definition) is 1. The Kier molecular flexibility index (Phi) is 3.31. The van der Waals surface area contributed by atoms with E-state index in [9.17, 15) is 0 Å². The van der Waals surface area contributed by atoms with Gasteiger partial charge in [-0.05, 0) is 29.7 Å². The maximum Gasteiger partial charge on any atom is 0.0700 e. The second-order valence-corrected chi connectivity index (χ2v) is 4.99. The summed E-state index contributed by atoms with van der Waals surface area (Å²) >= 11 is 0. The summed E-state index contributed by atoms with van der Waals surface area (Å²) in [7, 11) is 0. The molecule has 1 aliphatic heterocycles. The minimum atomic E-state index is 0.333. The smallest absolute Gasteiger partial charge is 0.0700 e. The van der Waals surface area contributed by atoms with Gasteiger partial charge in [-0.25, -0.2) is 0 Å². The van der Waals surface area contributed by atoms with E-state index in [2.05, 4.69) is 54.7 Å². The van der Waals surface area contributed by atoms with Crippen LogP contribution >= 0.6 is 0 Å². The van der Waals surface area contributed by atoms with Gasteiger partial charge in [0.1, 0.15) is 0 Å². The molecule has 2 unspecified atom stereocenters. The third kappa shape index (κ3) is 2.26. The quantitative estimate of drug-likeness (QED) is 0.891. The van der Waals surface area contributed by atoms with Gasteiger partial charge in [0, 0.05) is 19.2 Å². The lowest BCUT2D eigenvalue weighted by Crippen LogP contribution is -2.34. The first-order chi connectivity index (χ1) is 8.84. The molecule has 18 heavy (non-hydrogen) atoms. The predicted molar refractivity (Wildman–Crippen MR) is 74.6 cm³/mol. The summed E-state index contributed by atoms with van der Waals surface area (Å²) < 4.78 is 5.58. The molecule has 1 saturated heterocycles. The van der Waals surface area contributed by atoms with E-state index in [0.29, 0.717) is 12.1 Å². The van der Waals surface area contributed by atoms with Gasteiger partial charge in [0.05, 0.1) is 6.10 Å². The zero-order valence-corrected chi connectivity index (χ0v) is 10.7. The van der Waals surface area contributed by atoms with E-state index in [-0.39, 0.29) is 0 Å². The van der Waals surface area contributed by atoms with Crippen molar-refractivity contribution in [2.75, 3.05) is 6.61 Å². The van der Waals surface area contributed by atoms with Gasteiger partial charge in [-0.1, -0.05) is 42.5 Å². The Bertz CT molecular complexity index is 532. The van der Waals surface area contributed by atoms with Crippen LogP contribution in [0.2, 0.25) is 0 Å². The van der Waals surface area contributed by atoms with Crippen molar-refractivity contribution in [2.45, 2.75) is 32.0 Å². The highest BCUT2D eigenvalue weighted by atomic mass is 16.5. The summed E-state index contributed by atoms with van der Waals surface area (Å²) in [5.41, 5.74) is 1.37. The summed E-state index contributed by atoms with van der Waals surface area (Å²) in [6.07, 6.45) is 1.45. The monoisotopic (exact) mass is 241 g/mol. The van der Waals surface area contributed by atoms with Gasteiger partial charge >= 0.3 is 0 Å². The Morgan fingerprint density at radius 1 is 1.17 bits per heavy atom. The van der Waals surface area contributed by atoms with E-state index in [1.165, 1.54) is 16.3 Å². The standard InChI is InChI=1S/C16H19NO/c1-12-16(9-10-18-12)17-11-14-7-4-6-13-5-2-3-8-15(13)14/h2-8,12,16-17H,9-11H2,1H3. The molecule has 3 rings (SSSR count). The Hall–Kier alpha value is -1.38. The van der Waals surface area contributed by atoms with Gasteiger partial charge in [-0.2, -0.15) is 0 Å². The number of fused-ring (bicyclic) bond motifs is 1. The molecule has 1 aliphatic rings. The SMILES string of the molecule is CC1OCCC1NCc1cccc2ccccc12. The number of rotatable bonds is 3. The number of hydrogen-bond acceptors (Lipinski definition) is 2. The van der Waals surface area contributed by atoms with Gasteiger partial charge in [-0.3, -0.25) is 0 Å². The van der Waals surface area contributed by atoms with Gasteiger partial charge < -0.3 is 10.1 Å². The first-order valence-electron chi connectivity index (χ1n) is 6.66. The number of nitrogens with one attached hydrogen (secondary N) is 1. The van der Waals surface area contributed by atoms with Crippen LogP contribution in [-0.2, 0) is 11.3 Å². The van der Waals surface area contributed by atoms with Gasteiger partial charge in [0.15, 0.2) is 0 Å². The van der Waals surface area contributed by atoms with E-state index < -0.39 is 0 Å².